The third-order valence-corrected chi connectivity index (χ3v) is 4.25. The Balaban J connectivity index is 1.33. The van der Waals surface area contributed by atoms with Crippen molar-refractivity contribution in [3.05, 3.63) is 65.9 Å². The summed E-state index contributed by atoms with van der Waals surface area (Å²) in [5, 5.41) is 11.3. The van der Waals surface area contributed by atoms with Crippen LogP contribution in [-0.2, 0) is 0 Å². The summed E-state index contributed by atoms with van der Waals surface area (Å²) in [5.41, 5.74) is 2.63. The minimum Gasteiger partial charge on any atom is -0.451 e. The quantitative estimate of drug-likeness (QED) is 0.502. The number of carbonyl (C=O) groups is 1. The molecule has 3 heterocycles. The summed E-state index contributed by atoms with van der Waals surface area (Å²) in [4.78, 5) is 20.7. The molecule has 0 aliphatic carbocycles. The highest BCUT2D eigenvalue weighted by Gasteiger charge is 2.11. The van der Waals surface area contributed by atoms with Gasteiger partial charge in [0.15, 0.2) is 11.6 Å². The molecule has 1 amide bonds. The average Bonchev–Trinajstić information content (AvgIpc) is 3.28. The molecule has 8 nitrogen and oxygen atoms in total. The number of furan rings is 1. The average molecular weight is 376 g/mol. The van der Waals surface area contributed by atoms with Crippen LogP contribution in [0.2, 0.25) is 0 Å². The van der Waals surface area contributed by atoms with Gasteiger partial charge < -0.3 is 15.1 Å². The summed E-state index contributed by atoms with van der Waals surface area (Å²) in [6, 6.07) is 13.1. The van der Waals surface area contributed by atoms with Crippen molar-refractivity contribution in [3.63, 3.8) is 0 Å². The second kappa shape index (κ2) is 7.51. The molecule has 28 heavy (non-hydrogen) atoms. The highest BCUT2D eigenvalue weighted by molar-refractivity contribution is 5.96. The Morgan fingerprint density at radius 2 is 1.96 bits per heavy atom. The maximum atomic E-state index is 12.2. The van der Waals surface area contributed by atoms with Crippen LogP contribution in [0.1, 0.15) is 21.9 Å². The van der Waals surface area contributed by atoms with E-state index >= 15 is 0 Å². The highest BCUT2D eigenvalue weighted by Crippen LogP contribution is 2.18. The fraction of sp³-hybridized carbons (Fsp3) is 0.200. The molecule has 0 aliphatic heterocycles. The summed E-state index contributed by atoms with van der Waals surface area (Å²) in [6.45, 7) is 4.85. The van der Waals surface area contributed by atoms with Crippen molar-refractivity contribution < 1.29 is 9.21 Å². The van der Waals surface area contributed by atoms with Crippen LogP contribution in [0.25, 0.3) is 16.8 Å². The molecule has 0 atom stereocenters. The first-order valence-electron chi connectivity index (χ1n) is 8.96. The minimum absolute atomic E-state index is 0.246. The number of nitrogens with one attached hydrogen (secondary N) is 2. The lowest BCUT2D eigenvalue weighted by molar-refractivity contribution is 0.0929. The van der Waals surface area contributed by atoms with Gasteiger partial charge in [0.05, 0.1) is 5.69 Å². The maximum absolute atomic E-state index is 12.2. The number of benzene rings is 1. The molecule has 4 rings (SSSR count). The van der Waals surface area contributed by atoms with Gasteiger partial charge in [-0.25, -0.2) is 14.6 Å². The van der Waals surface area contributed by atoms with E-state index in [4.69, 9.17) is 4.42 Å². The van der Waals surface area contributed by atoms with Crippen molar-refractivity contribution >= 4 is 22.7 Å². The van der Waals surface area contributed by atoms with Crippen LogP contribution in [0.3, 0.4) is 0 Å². The standard InChI is InChI=1S/C20H20N6O2/c1-13-9-14(2)26(25-13)19-11-18(23-12-24-19)21-7-8-22-20(27)17-10-15-5-3-4-6-16(15)28-17/h3-6,9-12H,7-8H2,1-2H3,(H,22,27)(H,21,23,24). The molecule has 0 radical (unpaired) electrons. The van der Waals surface area contributed by atoms with E-state index in [2.05, 4.69) is 25.7 Å². The Morgan fingerprint density at radius 3 is 2.75 bits per heavy atom. The first-order valence-corrected chi connectivity index (χ1v) is 8.96. The van der Waals surface area contributed by atoms with Crippen LogP contribution < -0.4 is 10.6 Å². The number of hydrogen-bond acceptors (Lipinski definition) is 6. The molecule has 0 bridgehead atoms. The summed E-state index contributed by atoms with van der Waals surface area (Å²) in [7, 11) is 0. The van der Waals surface area contributed by atoms with Crippen LogP contribution in [0, 0.1) is 13.8 Å². The summed E-state index contributed by atoms with van der Waals surface area (Å²) in [5.74, 6) is 1.41. The van der Waals surface area contributed by atoms with Gasteiger partial charge in [-0.3, -0.25) is 4.79 Å². The largest absolute Gasteiger partial charge is 0.451 e. The van der Waals surface area contributed by atoms with E-state index in [-0.39, 0.29) is 5.91 Å². The molecule has 0 unspecified atom stereocenters. The lowest BCUT2D eigenvalue weighted by Crippen LogP contribution is -2.28. The van der Waals surface area contributed by atoms with Gasteiger partial charge in [0.2, 0.25) is 0 Å². The smallest absolute Gasteiger partial charge is 0.287 e. The first-order chi connectivity index (χ1) is 13.6. The Bertz CT molecular complexity index is 1100. The summed E-state index contributed by atoms with van der Waals surface area (Å²) >= 11 is 0. The van der Waals surface area contributed by atoms with Gasteiger partial charge >= 0.3 is 0 Å². The fourth-order valence-corrected chi connectivity index (χ4v) is 2.97. The monoisotopic (exact) mass is 376 g/mol. The number of amides is 1. The topological polar surface area (TPSA) is 97.9 Å². The van der Waals surface area contributed by atoms with Crippen LogP contribution in [0.5, 0.6) is 0 Å². The summed E-state index contributed by atoms with van der Waals surface area (Å²) in [6.07, 6.45) is 1.49. The number of aromatic nitrogens is 4. The van der Waals surface area contributed by atoms with Crippen LogP contribution in [0.4, 0.5) is 5.82 Å². The number of anilines is 1. The number of fused-ring (bicyclic) bond motifs is 1. The van der Waals surface area contributed by atoms with E-state index < -0.39 is 0 Å². The van der Waals surface area contributed by atoms with E-state index in [1.807, 2.05) is 50.2 Å². The van der Waals surface area contributed by atoms with Gasteiger partial charge in [0.25, 0.3) is 5.91 Å². The number of nitrogens with zero attached hydrogens (tertiary/aromatic N) is 4. The maximum Gasteiger partial charge on any atom is 0.287 e. The van der Waals surface area contributed by atoms with Crippen LogP contribution in [-0.4, -0.2) is 38.7 Å². The number of para-hydroxylation sites is 1. The van der Waals surface area contributed by atoms with Crippen molar-refractivity contribution in [2.75, 3.05) is 18.4 Å². The third-order valence-electron chi connectivity index (χ3n) is 4.25. The molecule has 8 heteroatoms. The lowest BCUT2D eigenvalue weighted by atomic mass is 10.2. The predicted octanol–water partition coefficient (Wildman–Crippen LogP) is 2.87. The van der Waals surface area contributed by atoms with Crippen LogP contribution in [0.15, 0.2) is 53.2 Å². The van der Waals surface area contributed by atoms with Crippen molar-refractivity contribution in [2.24, 2.45) is 0 Å². The fourth-order valence-electron chi connectivity index (χ4n) is 2.97. The van der Waals surface area contributed by atoms with Gasteiger partial charge in [-0.2, -0.15) is 5.10 Å². The molecule has 0 aliphatic rings. The first kappa shape index (κ1) is 17.7. The Hall–Kier alpha value is -3.68. The molecular formula is C20H20N6O2. The second-order valence-corrected chi connectivity index (χ2v) is 6.43. The molecule has 142 valence electrons. The Labute approximate surface area is 161 Å². The van der Waals surface area contributed by atoms with Crippen LogP contribution >= 0.6 is 0 Å². The van der Waals surface area contributed by atoms with E-state index in [9.17, 15) is 4.79 Å². The van der Waals surface area contributed by atoms with Crippen molar-refractivity contribution in [1.29, 1.82) is 0 Å². The second-order valence-electron chi connectivity index (χ2n) is 6.43. The van der Waals surface area contributed by atoms with E-state index in [0.29, 0.717) is 36.1 Å². The Morgan fingerprint density at radius 1 is 1.11 bits per heavy atom. The molecule has 0 fully saturated rings. The Kier molecular flexibility index (Phi) is 4.76. The van der Waals surface area contributed by atoms with Crippen molar-refractivity contribution in [2.45, 2.75) is 13.8 Å². The van der Waals surface area contributed by atoms with Gasteiger partial charge in [-0.05, 0) is 32.0 Å². The SMILES string of the molecule is Cc1cc(C)n(-c2cc(NCCNC(=O)c3cc4ccccc4o3)ncn2)n1. The van der Waals surface area contributed by atoms with Gasteiger partial charge in [0, 0.05) is 30.2 Å². The number of rotatable bonds is 6. The molecule has 0 saturated heterocycles. The summed E-state index contributed by atoms with van der Waals surface area (Å²) < 4.78 is 7.33. The van der Waals surface area contributed by atoms with E-state index in [0.717, 1.165) is 16.8 Å². The number of aryl methyl sites for hydroxylation is 2. The predicted molar refractivity (Wildman–Crippen MR) is 106 cm³/mol. The number of hydrogen-bond donors (Lipinski definition) is 2. The van der Waals surface area contributed by atoms with E-state index in [1.165, 1.54) is 6.33 Å². The molecule has 0 spiro atoms. The minimum atomic E-state index is -0.246. The van der Waals surface area contributed by atoms with Gasteiger partial charge in [-0.15, -0.1) is 0 Å². The molecule has 4 aromatic rings. The molecule has 0 saturated carbocycles. The van der Waals surface area contributed by atoms with Crippen molar-refractivity contribution in [3.8, 4) is 5.82 Å². The van der Waals surface area contributed by atoms with E-state index in [1.54, 1.807) is 10.7 Å². The third kappa shape index (κ3) is 3.71. The zero-order chi connectivity index (χ0) is 19.5. The van der Waals surface area contributed by atoms with Gasteiger partial charge in [0.1, 0.15) is 17.7 Å². The highest BCUT2D eigenvalue weighted by atomic mass is 16.3. The van der Waals surface area contributed by atoms with Crippen molar-refractivity contribution in [1.82, 2.24) is 25.1 Å². The molecular weight excluding hydrogens is 356 g/mol. The normalized spacial score (nSPS) is 10.9. The zero-order valence-electron chi connectivity index (χ0n) is 15.6. The zero-order valence-corrected chi connectivity index (χ0v) is 15.6. The van der Waals surface area contributed by atoms with Gasteiger partial charge in [-0.1, -0.05) is 18.2 Å². The molecule has 2 N–H and O–H groups in total. The molecule has 3 aromatic heterocycles. The molecule has 1 aromatic carbocycles. The number of carbonyl (C=O) groups excluding carboxylic acids is 1. The lowest BCUT2D eigenvalue weighted by Gasteiger charge is -2.08.